The van der Waals surface area contributed by atoms with Crippen molar-refractivity contribution in [1.82, 2.24) is 30.4 Å². The Hall–Kier alpha value is -2.77. The molecule has 1 aromatic heterocycles. The number of nitrogens with zero attached hydrogens (tertiary/aromatic N) is 5. The molecule has 1 N–H and O–H groups in total. The number of hydrogen-bond donors (Lipinski definition) is 1. The Kier molecular flexibility index (Phi) is 7.72. The number of benzene rings is 1. The SMILES string of the molecule is CCCCCNC(=O)C1CCN(C(=O)[C@@H](Cc2ccccc2)n2cnnn2)CC1. The van der Waals surface area contributed by atoms with Crippen molar-refractivity contribution in [2.75, 3.05) is 19.6 Å². The molecule has 156 valence electrons. The standard InChI is InChI=1S/C21H30N6O2/c1-2-3-7-12-22-20(28)18-10-13-26(14-11-18)21(29)19(27-16-23-24-25-27)15-17-8-5-4-6-9-17/h4-6,8-9,16,18-19H,2-3,7,10-15H2,1H3,(H,22,28)/t19-/m1/s1. The number of unbranched alkanes of at least 4 members (excludes halogenated alkanes) is 2. The van der Waals surface area contributed by atoms with Gasteiger partial charge in [-0.25, -0.2) is 4.68 Å². The molecule has 1 aliphatic rings. The lowest BCUT2D eigenvalue weighted by atomic mass is 9.94. The van der Waals surface area contributed by atoms with Crippen LogP contribution in [0.4, 0.5) is 0 Å². The number of amides is 2. The highest BCUT2D eigenvalue weighted by molar-refractivity contribution is 5.82. The molecule has 29 heavy (non-hydrogen) atoms. The Morgan fingerprint density at radius 1 is 1.17 bits per heavy atom. The minimum atomic E-state index is -0.480. The van der Waals surface area contributed by atoms with Crippen LogP contribution in [-0.4, -0.2) is 56.6 Å². The van der Waals surface area contributed by atoms with Gasteiger partial charge in [0.15, 0.2) is 0 Å². The molecule has 1 atom stereocenters. The van der Waals surface area contributed by atoms with Crippen LogP contribution < -0.4 is 5.32 Å². The fourth-order valence-electron chi connectivity index (χ4n) is 3.75. The van der Waals surface area contributed by atoms with E-state index in [9.17, 15) is 9.59 Å². The van der Waals surface area contributed by atoms with E-state index >= 15 is 0 Å². The van der Waals surface area contributed by atoms with E-state index in [0.29, 0.717) is 32.4 Å². The van der Waals surface area contributed by atoms with Gasteiger partial charge in [-0.2, -0.15) is 0 Å². The van der Waals surface area contributed by atoms with Gasteiger partial charge in [0.1, 0.15) is 12.4 Å². The maximum absolute atomic E-state index is 13.2. The monoisotopic (exact) mass is 398 g/mol. The van der Waals surface area contributed by atoms with Gasteiger partial charge in [0, 0.05) is 32.0 Å². The summed E-state index contributed by atoms with van der Waals surface area (Å²) in [6, 6.07) is 9.39. The number of piperidine rings is 1. The van der Waals surface area contributed by atoms with Crippen LogP contribution in [0.15, 0.2) is 36.7 Å². The highest BCUT2D eigenvalue weighted by Crippen LogP contribution is 2.22. The van der Waals surface area contributed by atoms with Crippen LogP contribution >= 0.6 is 0 Å². The lowest BCUT2D eigenvalue weighted by molar-refractivity contribution is -0.138. The average Bonchev–Trinajstić information content (AvgIpc) is 3.30. The van der Waals surface area contributed by atoms with Crippen molar-refractivity contribution in [1.29, 1.82) is 0 Å². The van der Waals surface area contributed by atoms with E-state index < -0.39 is 6.04 Å². The lowest BCUT2D eigenvalue weighted by Crippen LogP contribution is -2.46. The molecule has 1 aliphatic heterocycles. The molecule has 0 spiro atoms. The van der Waals surface area contributed by atoms with Gasteiger partial charge in [0.05, 0.1) is 0 Å². The normalized spacial score (nSPS) is 15.8. The van der Waals surface area contributed by atoms with E-state index in [2.05, 4.69) is 27.8 Å². The second-order valence-corrected chi connectivity index (χ2v) is 7.59. The summed E-state index contributed by atoms with van der Waals surface area (Å²) in [7, 11) is 0. The first-order chi connectivity index (χ1) is 14.2. The number of hydrogen-bond acceptors (Lipinski definition) is 5. The molecule has 2 heterocycles. The summed E-state index contributed by atoms with van der Waals surface area (Å²) in [5, 5.41) is 14.4. The Morgan fingerprint density at radius 3 is 2.59 bits per heavy atom. The zero-order valence-corrected chi connectivity index (χ0v) is 17.0. The molecule has 1 fully saturated rings. The van der Waals surface area contributed by atoms with Gasteiger partial charge in [0.2, 0.25) is 11.8 Å². The van der Waals surface area contributed by atoms with Crippen LogP contribution in [0.2, 0.25) is 0 Å². The van der Waals surface area contributed by atoms with Crippen molar-refractivity contribution in [2.24, 2.45) is 5.92 Å². The zero-order chi connectivity index (χ0) is 20.5. The fourth-order valence-corrected chi connectivity index (χ4v) is 3.75. The molecule has 0 bridgehead atoms. The quantitative estimate of drug-likeness (QED) is 0.652. The van der Waals surface area contributed by atoms with Crippen LogP contribution in [0.5, 0.6) is 0 Å². The van der Waals surface area contributed by atoms with Crippen molar-refractivity contribution >= 4 is 11.8 Å². The molecular formula is C21H30N6O2. The number of aromatic nitrogens is 4. The van der Waals surface area contributed by atoms with Gasteiger partial charge >= 0.3 is 0 Å². The molecule has 1 aromatic carbocycles. The second kappa shape index (κ2) is 10.7. The van der Waals surface area contributed by atoms with E-state index in [1.807, 2.05) is 35.2 Å². The maximum atomic E-state index is 13.2. The smallest absolute Gasteiger partial charge is 0.247 e. The highest BCUT2D eigenvalue weighted by atomic mass is 16.2. The summed E-state index contributed by atoms with van der Waals surface area (Å²) in [5.41, 5.74) is 1.06. The van der Waals surface area contributed by atoms with Gasteiger partial charge in [-0.3, -0.25) is 9.59 Å². The third-order valence-corrected chi connectivity index (χ3v) is 5.50. The van der Waals surface area contributed by atoms with E-state index in [1.165, 1.54) is 11.0 Å². The Morgan fingerprint density at radius 2 is 1.93 bits per heavy atom. The Bertz CT molecular complexity index is 757. The molecule has 3 rings (SSSR count). The summed E-state index contributed by atoms with van der Waals surface area (Å²) in [6.07, 6.45) is 6.70. The van der Waals surface area contributed by atoms with Gasteiger partial charge in [0.25, 0.3) is 0 Å². The summed E-state index contributed by atoms with van der Waals surface area (Å²) in [4.78, 5) is 27.4. The minimum absolute atomic E-state index is 0.00274. The third-order valence-electron chi connectivity index (χ3n) is 5.50. The minimum Gasteiger partial charge on any atom is -0.356 e. The van der Waals surface area contributed by atoms with Gasteiger partial charge in [-0.15, -0.1) is 5.10 Å². The van der Waals surface area contributed by atoms with Crippen LogP contribution in [0.25, 0.3) is 0 Å². The third kappa shape index (κ3) is 5.85. The van der Waals surface area contributed by atoms with Gasteiger partial charge < -0.3 is 10.2 Å². The number of nitrogens with one attached hydrogen (secondary N) is 1. The summed E-state index contributed by atoms with van der Waals surface area (Å²) in [6.45, 7) is 4.05. The predicted molar refractivity (Wildman–Crippen MR) is 109 cm³/mol. The number of likely N-dealkylation sites (tertiary alicyclic amines) is 1. The summed E-state index contributed by atoms with van der Waals surface area (Å²) >= 11 is 0. The van der Waals surface area contributed by atoms with Crippen LogP contribution in [0, 0.1) is 5.92 Å². The molecule has 2 aromatic rings. The van der Waals surface area contributed by atoms with Crippen molar-refractivity contribution in [3.05, 3.63) is 42.2 Å². The zero-order valence-electron chi connectivity index (χ0n) is 17.0. The molecule has 0 unspecified atom stereocenters. The molecule has 2 amide bonds. The highest BCUT2D eigenvalue weighted by Gasteiger charge is 2.32. The first-order valence-electron chi connectivity index (χ1n) is 10.5. The molecule has 8 nitrogen and oxygen atoms in total. The fraction of sp³-hybridized carbons (Fsp3) is 0.571. The largest absolute Gasteiger partial charge is 0.356 e. The number of carbonyl (C=O) groups is 2. The molecule has 8 heteroatoms. The van der Waals surface area contributed by atoms with Crippen LogP contribution in [0.1, 0.15) is 50.6 Å². The van der Waals surface area contributed by atoms with E-state index in [-0.39, 0.29) is 17.7 Å². The maximum Gasteiger partial charge on any atom is 0.247 e. The topological polar surface area (TPSA) is 93.0 Å². The van der Waals surface area contributed by atoms with Gasteiger partial charge in [-0.1, -0.05) is 50.1 Å². The molecule has 0 saturated carbocycles. The van der Waals surface area contributed by atoms with Crippen LogP contribution in [-0.2, 0) is 16.0 Å². The van der Waals surface area contributed by atoms with Crippen LogP contribution in [0.3, 0.4) is 0 Å². The predicted octanol–water partition coefficient (Wildman–Crippen LogP) is 2.00. The first kappa shape index (κ1) is 21.0. The van der Waals surface area contributed by atoms with Crippen molar-refractivity contribution < 1.29 is 9.59 Å². The van der Waals surface area contributed by atoms with E-state index in [1.54, 1.807) is 0 Å². The van der Waals surface area contributed by atoms with Crippen molar-refractivity contribution in [3.63, 3.8) is 0 Å². The molecular weight excluding hydrogens is 368 g/mol. The Balaban J connectivity index is 1.56. The first-order valence-corrected chi connectivity index (χ1v) is 10.5. The second-order valence-electron chi connectivity index (χ2n) is 7.59. The molecule has 0 radical (unpaired) electrons. The van der Waals surface area contributed by atoms with Crippen molar-refractivity contribution in [3.8, 4) is 0 Å². The average molecular weight is 399 g/mol. The summed E-state index contributed by atoms with van der Waals surface area (Å²) in [5.74, 6) is 0.110. The number of rotatable bonds is 9. The molecule has 0 aliphatic carbocycles. The van der Waals surface area contributed by atoms with E-state index in [0.717, 1.165) is 31.4 Å². The lowest BCUT2D eigenvalue weighted by Gasteiger charge is -2.33. The van der Waals surface area contributed by atoms with Crippen molar-refractivity contribution in [2.45, 2.75) is 51.5 Å². The number of carbonyl (C=O) groups excluding carboxylic acids is 2. The number of tetrazole rings is 1. The Labute approximate surface area is 171 Å². The molecule has 1 saturated heterocycles. The van der Waals surface area contributed by atoms with Gasteiger partial charge in [-0.05, 0) is 35.3 Å². The summed E-state index contributed by atoms with van der Waals surface area (Å²) < 4.78 is 1.53. The van der Waals surface area contributed by atoms with E-state index in [4.69, 9.17) is 0 Å².